The number of aliphatic imine (C=N–C) groups is 2. The van der Waals surface area contributed by atoms with Crippen LogP contribution in [-0.2, 0) is 22.4 Å². The van der Waals surface area contributed by atoms with Gasteiger partial charge in [0.2, 0.25) is 5.91 Å². The first-order valence-corrected chi connectivity index (χ1v) is 16.3. The van der Waals surface area contributed by atoms with Gasteiger partial charge in [-0.3, -0.25) is 34.6 Å². The maximum Gasteiger partial charge on any atom is 0.280 e. The molecule has 0 saturated heterocycles. The number of hydrogen-bond acceptors (Lipinski definition) is 10. The second-order valence-electron chi connectivity index (χ2n) is 12.0. The normalized spacial score (nSPS) is 12.8. The molecule has 0 aliphatic carbocycles. The van der Waals surface area contributed by atoms with E-state index in [-0.39, 0.29) is 64.5 Å². The molecule has 0 bridgehead atoms. The number of aryl methyl sites for hydroxylation is 2. The number of Topliss-reactive ketones (excluding diaryl/α,β-unsaturated/α-hetero) is 1. The molecule has 0 unspecified atom stereocenters. The molecule has 0 aliphatic rings. The van der Waals surface area contributed by atoms with Gasteiger partial charge in [0.15, 0.2) is 40.2 Å². The smallest absolute Gasteiger partial charge is 0.280 e. The van der Waals surface area contributed by atoms with Gasteiger partial charge in [-0.25, -0.2) is 9.97 Å². The zero-order valence-corrected chi connectivity index (χ0v) is 29.2. The monoisotopic (exact) mass is 686 g/mol. The Morgan fingerprint density at radius 2 is 1.44 bits per heavy atom. The Morgan fingerprint density at radius 1 is 0.833 bits per heavy atom. The zero-order valence-electron chi connectivity index (χ0n) is 28.4. The number of rotatable bonds is 19. The first-order chi connectivity index (χ1) is 22.7. The van der Waals surface area contributed by atoms with Crippen LogP contribution >= 0.6 is 11.6 Å². The molecule has 48 heavy (non-hydrogen) atoms. The van der Waals surface area contributed by atoms with E-state index in [0.29, 0.717) is 25.9 Å². The minimum absolute atomic E-state index is 0.0404. The van der Waals surface area contributed by atoms with E-state index in [9.17, 15) is 14.4 Å². The van der Waals surface area contributed by atoms with Crippen molar-refractivity contribution in [3.8, 4) is 0 Å². The summed E-state index contributed by atoms with van der Waals surface area (Å²) in [6, 6.07) is 8.07. The Morgan fingerprint density at radius 3 is 2.04 bits per heavy atom. The van der Waals surface area contributed by atoms with E-state index in [0.717, 1.165) is 44.1 Å². The maximum absolute atomic E-state index is 13.4. The van der Waals surface area contributed by atoms with Crippen molar-refractivity contribution in [2.75, 3.05) is 52.7 Å². The SMILES string of the molecule is CN(C)C(=O)[C@H](CCCCN=C(N)N)CC(=O)[C@H](CCc1ccc(CCCCN=C(N)NC(=O)c2nc(Cl)c(N)nc2N)cc1)N(C)C. The summed E-state index contributed by atoms with van der Waals surface area (Å²) in [6.07, 6.45) is 6.16. The minimum Gasteiger partial charge on any atom is -0.382 e. The second kappa shape index (κ2) is 20.0. The van der Waals surface area contributed by atoms with E-state index in [1.54, 1.807) is 19.0 Å². The van der Waals surface area contributed by atoms with Crippen LogP contribution in [0.3, 0.4) is 0 Å². The molecule has 0 radical (unpaired) electrons. The standard InChI is InChI=1S/C32H51ClN12O3/c1-44(2)23(24(46)19-22(30(48)45(3)4)10-6-8-17-39-31(36)37)16-15-21-13-11-20(12-14-21)9-5-7-18-40-32(38)43-29(47)25-27(34)42-28(35)26(33)41-25/h11-14,22-23H,5-10,15-19H2,1-4H3,(H4,34,35,42)(H4,36,37,39)(H3,38,40,43,47)/t22-,23+/m1/s1. The van der Waals surface area contributed by atoms with Gasteiger partial charge in [-0.15, -0.1) is 0 Å². The summed E-state index contributed by atoms with van der Waals surface area (Å²) in [4.78, 5) is 57.9. The lowest BCUT2D eigenvalue weighted by Crippen LogP contribution is -2.39. The summed E-state index contributed by atoms with van der Waals surface area (Å²) in [5, 5.41) is 2.29. The number of nitrogens with one attached hydrogen (secondary N) is 1. The fourth-order valence-electron chi connectivity index (χ4n) is 5.11. The fourth-order valence-corrected chi connectivity index (χ4v) is 5.24. The summed E-state index contributed by atoms with van der Waals surface area (Å²) in [5.41, 5.74) is 30.0. The Balaban J connectivity index is 1.82. The van der Waals surface area contributed by atoms with E-state index < -0.39 is 5.91 Å². The van der Waals surface area contributed by atoms with Crippen LogP contribution in [0.4, 0.5) is 11.6 Å². The van der Waals surface area contributed by atoms with Crippen LogP contribution in [0.15, 0.2) is 34.3 Å². The molecule has 2 aromatic rings. The van der Waals surface area contributed by atoms with E-state index in [1.165, 1.54) is 5.56 Å². The molecule has 11 N–H and O–H groups in total. The number of anilines is 2. The van der Waals surface area contributed by atoms with Gasteiger partial charge in [0.1, 0.15) is 0 Å². The highest BCUT2D eigenvalue weighted by Gasteiger charge is 2.28. The Kier molecular flexibility index (Phi) is 16.5. The number of nitrogen functional groups attached to an aromatic ring is 2. The minimum atomic E-state index is -0.680. The third-order valence-corrected chi connectivity index (χ3v) is 8.01. The molecule has 16 heteroatoms. The number of nitrogens with zero attached hydrogens (tertiary/aromatic N) is 6. The predicted molar refractivity (Wildman–Crippen MR) is 191 cm³/mol. The summed E-state index contributed by atoms with van der Waals surface area (Å²) < 4.78 is 0. The lowest BCUT2D eigenvalue weighted by atomic mass is 9.90. The number of guanidine groups is 2. The molecule has 2 amide bonds. The maximum atomic E-state index is 13.4. The lowest BCUT2D eigenvalue weighted by molar-refractivity contribution is -0.137. The molecule has 1 aromatic heterocycles. The highest BCUT2D eigenvalue weighted by atomic mass is 35.5. The van der Waals surface area contributed by atoms with E-state index in [1.807, 2.05) is 19.0 Å². The van der Waals surface area contributed by atoms with Crippen molar-refractivity contribution >= 4 is 52.8 Å². The van der Waals surface area contributed by atoms with Crippen molar-refractivity contribution in [1.82, 2.24) is 25.1 Å². The predicted octanol–water partition coefficient (Wildman–Crippen LogP) is 1.33. The van der Waals surface area contributed by atoms with Crippen LogP contribution in [0.2, 0.25) is 5.15 Å². The number of carbonyl (C=O) groups is 3. The zero-order chi connectivity index (χ0) is 35.8. The number of amides is 2. The van der Waals surface area contributed by atoms with E-state index in [4.69, 9.17) is 40.3 Å². The summed E-state index contributed by atoms with van der Waals surface area (Å²) in [5.74, 6) is -1.28. The largest absolute Gasteiger partial charge is 0.382 e. The molecule has 0 aliphatic heterocycles. The average molecular weight is 687 g/mol. The fraction of sp³-hybridized carbons (Fsp3) is 0.531. The number of hydrogen-bond donors (Lipinski definition) is 6. The first-order valence-electron chi connectivity index (χ1n) is 15.9. The molecule has 264 valence electrons. The molecule has 0 spiro atoms. The van der Waals surface area contributed by atoms with Crippen LogP contribution in [0.5, 0.6) is 0 Å². The van der Waals surface area contributed by atoms with Crippen molar-refractivity contribution in [3.63, 3.8) is 0 Å². The number of halogens is 1. The topological polar surface area (TPSA) is 250 Å². The van der Waals surface area contributed by atoms with E-state index >= 15 is 0 Å². The van der Waals surface area contributed by atoms with Gasteiger partial charge in [-0.2, -0.15) is 0 Å². The quantitative estimate of drug-likeness (QED) is 0.0698. The number of benzene rings is 1. The third-order valence-electron chi connectivity index (χ3n) is 7.73. The number of nitrogens with two attached hydrogens (primary N) is 5. The average Bonchev–Trinajstić information content (AvgIpc) is 3.01. The summed E-state index contributed by atoms with van der Waals surface area (Å²) >= 11 is 5.82. The van der Waals surface area contributed by atoms with Crippen LogP contribution < -0.4 is 34.0 Å². The number of ketones is 1. The van der Waals surface area contributed by atoms with Gasteiger partial charge in [0, 0.05) is 39.5 Å². The molecule has 0 fully saturated rings. The van der Waals surface area contributed by atoms with Crippen molar-refractivity contribution in [3.05, 3.63) is 46.2 Å². The molecule has 0 saturated carbocycles. The van der Waals surface area contributed by atoms with Gasteiger partial charge in [0.25, 0.3) is 5.91 Å². The van der Waals surface area contributed by atoms with Gasteiger partial charge in [-0.05, 0) is 70.2 Å². The number of aromatic nitrogens is 2. The molecule has 1 aromatic carbocycles. The second-order valence-corrected chi connectivity index (χ2v) is 12.4. The Labute approximate surface area is 287 Å². The number of likely N-dealkylation sites (N-methyl/N-ethyl adjacent to an activating group) is 1. The Hall–Kier alpha value is -4.50. The van der Waals surface area contributed by atoms with Gasteiger partial charge < -0.3 is 33.6 Å². The molecule has 2 atom stereocenters. The third kappa shape index (κ3) is 13.7. The lowest BCUT2D eigenvalue weighted by Gasteiger charge is -2.26. The highest BCUT2D eigenvalue weighted by molar-refractivity contribution is 6.31. The van der Waals surface area contributed by atoms with Crippen LogP contribution in [-0.4, -0.2) is 96.6 Å². The van der Waals surface area contributed by atoms with Crippen molar-refractivity contribution in [1.29, 1.82) is 0 Å². The van der Waals surface area contributed by atoms with Crippen molar-refractivity contribution in [2.24, 2.45) is 33.1 Å². The van der Waals surface area contributed by atoms with Crippen LogP contribution in [0, 0.1) is 5.92 Å². The van der Waals surface area contributed by atoms with Crippen LogP contribution in [0.25, 0.3) is 0 Å². The van der Waals surface area contributed by atoms with Gasteiger partial charge in [-0.1, -0.05) is 42.3 Å². The molecule has 2 rings (SSSR count). The molecular formula is C32H51ClN12O3. The van der Waals surface area contributed by atoms with E-state index in [2.05, 4.69) is 49.5 Å². The highest BCUT2D eigenvalue weighted by Crippen LogP contribution is 2.21. The Bertz CT molecular complexity index is 1430. The summed E-state index contributed by atoms with van der Waals surface area (Å²) in [7, 11) is 7.23. The number of carbonyl (C=O) groups excluding carboxylic acids is 3. The molecule has 15 nitrogen and oxygen atoms in total. The van der Waals surface area contributed by atoms with Gasteiger partial charge >= 0.3 is 0 Å². The molecular weight excluding hydrogens is 636 g/mol. The van der Waals surface area contributed by atoms with Crippen molar-refractivity contribution in [2.45, 2.75) is 63.8 Å². The van der Waals surface area contributed by atoms with Gasteiger partial charge in [0.05, 0.1) is 6.04 Å². The first kappa shape index (κ1) is 39.7. The molecule has 1 heterocycles. The number of unbranched alkanes of at least 4 members (excludes halogenated alkanes) is 2. The summed E-state index contributed by atoms with van der Waals surface area (Å²) in [6.45, 7) is 0.923. The van der Waals surface area contributed by atoms with Crippen molar-refractivity contribution < 1.29 is 14.4 Å². The van der Waals surface area contributed by atoms with Crippen LogP contribution in [0.1, 0.15) is 66.6 Å².